The standard InChI is InChI=1S/C39H33BrN2O6S2/c1-4-46-37(44)28-14-11-24(12-15-28)23-48-31-20-13-25(21-30(31)40)22-32-36(43)42-35(27-16-18-29(49-3)19-17-27)33(38(45)47-5-2)34(41-39(42)50-32)26-9-7-6-8-10-26/h6-22,35H,4-5,23H2,1-3H3/b32-22-/t35-/m0/s1. The molecule has 1 aliphatic rings. The first-order valence-electron chi connectivity index (χ1n) is 15.9. The Morgan fingerprint density at radius 2 is 1.62 bits per heavy atom. The molecule has 0 bridgehead atoms. The highest BCUT2D eigenvalue weighted by Gasteiger charge is 2.35. The number of nitrogens with zero attached hydrogens (tertiary/aromatic N) is 2. The minimum Gasteiger partial charge on any atom is -0.488 e. The van der Waals surface area contributed by atoms with E-state index in [1.165, 1.54) is 11.3 Å². The molecule has 0 aliphatic carbocycles. The van der Waals surface area contributed by atoms with Crippen LogP contribution in [0.25, 0.3) is 11.8 Å². The molecule has 1 aromatic heterocycles. The van der Waals surface area contributed by atoms with Crippen molar-refractivity contribution < 1.29 is 23.8 Å². The Bertz CT molecular complexity index is 2250. The molecule has 8 nitrogen and oxygen atoms in total. The number of ether oxygens (including phenoxy) is 3. The van der Waals surface area contributed by atoms with Gasteiger partial charge in [-0.2, -0.15) is 0 Å². The van der Waals surface area contributed by atoms with Crippen molar-refractivity contribution >= 4 is 62.7 Å². The first kappa shape index (κ1) is 35.1. The van der Waals surface area contributed by atoms with Crippen molar-refractivity contribution in [2.24, 2.45) is 4.99 Å². The van der Waals surface area contributed by atoms with Crippen LogP contribution in [-0.2, 0) is 20.9 Å². The van der Waals surface area contributed by atoms with E-state index >= 15 is 0 Å². The predicted molar refractivity (Wildman–Crippen MR) is 200 cm³/mol. The van der Waals surface area contributed by atoms with Gasteiger partial charge in [-0.1, -0.05) is 72.0 Å². The summed E-state index contributed by atoms with van der Waals surface area (Å²) in [7, 11) is 0. The Kier molecular flexibility index (Phi) is 11.2. The topological polar surface area (TPSA) is 96.2 Å². The van der Waals surface area contributed by atoms with Gasteiger partial charge in [0.2, 0.25) is 0 Å². The molecule has 2 heterocycles. The fourth-order valence-electron chi connectivity index (χ4n) is 5.53. The van der Waals surface area contributed by atoms with Crippen molar-refractivity contribution in [1.29, 1.82) is 0 Å². The zero-order valence-corrected chi connectivity index (χ0v) is 30.8. The van der Waals surface area contributed by atoms with E-state index in [0.29, 0.717) is 49.6 Å². The van der Waals surface area contributed by atoms with Crippen LogP contribution in [0.1, 0.15) is 52.5 Å². The fourth-order valence-corrected chi connectivity index (χ4v) is 7.45. The molecule has 0 spiro atoms. The van der Waals surface area contributed by atoms with Crippen LogP contribution >= 0.6 is 39.0 Å². The van der Waals surface area contributed by atoms with E-state index in [1.54, 1.807) is 42.3 Å². The molecule has 4 aromatic carbocycles. The number of halogens is 1. The maximum Gasteiger partial charge on any atom is 0.338 e. The molecule has 254 valence electrons. The van der Waals surface area contributed by atoms with Gasteiger partial charge in [0.05, 0.1) is 45.1 Å². The van der Waals surface area contributed by atoms with Crippen molar-refractivity contribution in [2.75, 3.05) is 19.5 Å². The monoisotopic (exact) mass is 768 g/mol. The van der Waals surface area contributed by atoms with E-state index < -0.39 is 12.0 Å². The highest BCUT2D eigenvalue weighted by Crippen LogP contribution is 2.36. The lowest BCUT2D eigenvalue weighted by Gasteiger charge is -2.26. The molecule has 0 N–H and O–H groups in total. The van der Waals surface area contributed by atoms with Crippen molar-refractivity contribution in [3.05, 3.63) is 155 Å². The summed E-state index contributed by atoms with van der Waals surface area (Å²) in [6, 6.07) is 29.3. The minimum absolute atomic E-state index is 0.184. The van der Waals surface area contributed by atoms with Crippen LogP contribution in [0.15, 0.2) is 122 Å². The van der Waals surface area contributed by atoms with E-state index in [9.17, 15) is 14.4 Å². The lowest BCUT2D eigenvalue weighted by Crippen LogP contribution is -2.40. The second kappa shape index (κ2) is 15.9. The number of thiazole rings is 1. The minimum atomic E-state index is -0.743. The zero-order chi connectivity index (χ0) is 35.2. The van der Waals surface area contributed by atoms with E-state index in [1.807, 2.05) is 97.3 Å². The van der Waals surface area contributed by atoms with Crippen molar-refractivity contribution in [1.82, 2.24) is 4.57 Å². The summed E-state index contributed by atoms with van der Waals surface area (Å²) in [5.74, 6) is -0.252. The maximum absolute atomic E-state index is 14.2. The molecule has 0 fully saturated rings. The number of fused-ring (bicyclic) bond motifs is 1. The number of carbonyl (C=O) groups is 2. The lowest BCUT2D eigenvalue weighted by atomic mass is 9.93. The molecule has 50 heavy (non-hydrogen) atoms. The number of rotatable bonds is 11. The number of hydrogen-bond donors (Lipinski definition) is 0. The van der Waals surface area contributed by atoms with Crippen LogP contribution in [0.3, 0.4) is 0 Å². The highest BCUT2D eigenvalue weighted by molar-refractivity contribution is 9.10. The molecule has 0 unspecified atom stereocenters. The van der Waals surface area contributed by atoms with Crippen LogP contribution in [0.5, 0.6) is 5.75 Å². The Morgan fingerprint density at radius 3 is 2.28 bits per heavy atom. The van der Waals surface area contributed by atoms with Gasteiger partial charge in [-0.05, 0) is 95.2 Å². The van der Waals surface area contributed by atoms with Crippen LogP contribution < -0.4 is 19.6 Å². The summed E-state index contributed by atoms with van der Waals surface area (Å²) in [4.78, 5) is 46.4. The third kappa shape index (κ3) is 7.55. The van der Waals surface area contributed by atoms with Gasteiger partial charge in [0.1, 0.15) is 12.4 Å². The number of aromatic nitrogens is 1. The first-order valence-corrected chi connectivity index (χ1v) is 18.8. The molecule has 1 atom stereocenters. The number of thioether (sulfide) groups is 1. The van der Waals surface area contributed by atoms with E-state index in [-0.39, 0.29) is 18.1 Å². The predicted octanol–water partition coefficient (Wildman–Crippen LogP) is 7.18. The Labute approximate surface area is 305 Å². The van der Waals surface area contributed by atoms with Gasteiger partial charge in [0.15, 0.2) is 4.80 Å². The molecular formula is C39H33BrN2O6S2. The molecule has 6 rings (SSSR count). The van der Waals surface area contributed by atoms with Crippen molar-refractivity contribution in [2.45, 2.75) is 31.4 Å². The Hall–Kier alpha value is -4.71. The normalized spacial score (nSPS) is 14.2. The summed E-state index contributed by atoms with van der Waals surface area (Å²) >= 11 is 6.50. The summed E-state index contributed by atoms with van der Waals surface area (Å²) in [5, 5.41) is 0. The van der Waals surface area contributed by atoms with Crippen LogP contribution in [0.4, 0.5) is 0 Å². The van der Waals surface area contributed by atoms with Crippen LogP contribution in [0.2, 0.25) is 0 Å². The average Bonchev–Trinajstić information content (AvgIpc) is 3.45. The van der Waals surface area contributed by atoms with Crippen molar-refractivity contribution in [3.63, 3.8) is 0 Å². The number of benzene rings is 4. The third-order valence-corrected chi connectivity index (χ3v) is 10.3. The van der Waals surface area contributed by atoms with Gasteiger partial charge in [0, 0.05) is 10.5 Å². The molecular weight excluding hydrogens is 736 g/mol. The van der Waals surface area contributed by atoms with Crippen molar-refractivity contribution in [3.8, 4) is 5.75 Å². The van der Waals surface area contributed by atoms with Gasteiger partial charge in [-0.25, -0.2) is 14.6 Å². The van der Waals surface area contributed by atoms with Gasteiger partial charge in [-0.3, -0.25) is 9.36 Å². The lowest BCUT2D eigenvalue weighted by molar-refractivity contribution is -0.138. The number of esters is 2. The zero-order valence-electron chi connectivity index (χ0n) is 27.6. The van der Waals surface area contributed by atoms with Crippen LogP contribution in [-0.4, -0.2) is 36.0 Å². The summed E-state index contributed by atoms with van der Waals surface area (Å²) in [6.07, 6.45) is 3.82. The van der Waals surface area contributed by atoms with Gasteiger partial charge >= 0.3 is 11.9 Å². The van der Waals surface area contributed by atoms with E-state index in [2.05, 4.69) is 15.9 Å². The Morgan fingerprint density at radius 1 is 0.920 bits per heavy atom. The van der Waals surface area contributed by atoms with E-state index in [4.69, 9.17) is 19.2 Å². The first-order chi connectivity index (χ1) is 24.3. The Balaban J connectivity index is 1.37. The fraction of sp³-hybridized carbons (Fsp3) is 0.179. The number of carbonyl (C=O) groups excluding carboxylic acids is 2. The molecule has 0 amide bonds. The maximum atomic E-state index is 14.2. The highest BCUT2D eigenvalue weighted by atomic mass is 79.9. The molecule has 0 saturated carbocycles. The smallest absolute Gasteiger partial charge is 0.338 e. The van der Waals surface area contributed by atoms with Gasteiger partial charge in [-0.15, -0.1) is 11.8 Å². The molecule has 0 radical (unpaired) electrons. The molecule has 11 heteroatoms. The van der Waals surface area contributed by atoms with Crippen LogP contribution in [0, 0.1) is 0 Å². The second-order valence-corrected chi connectivity index (χ2v) is 13.8. The average molecular weight is 770 g/mol. The summed E-state index contributed by atoms with van der Waals surface area (Å²) in [5.41, 5.74) is 4.23. The molecule has 0 saturated heterocycles. The summed E-state index contributed by atoms with van der Waals surface area (Å²) in [6.45, 7) is 4.33. The largest absolute Gasteiger partial charge is 0.488 e. The SMILES string of the molecule is CCOC(=O)C1=C(c2ccccc2)N=c2s/c(=C\c3ccc(OCc4ccc(C(=O)OCC)cc4)c(Br)c3)c(=O)n2[C@H]1c1ccc(SC)cc1. The van der Waals surface area contributed by atoms with Gasteiger partial charge in [0.25, 0.3) is 5.56 Å². The molecule has 1 aliphatic heterocycles. The quantitative estimate of drug-likeness (QED) is 0.104. The number of hydrogen-bond acceptors (Lipinski definition) is 9. The second-order valence-electron chi connectivity index (χ2n) is 11.1. The molecule has 5 aromatic rings. The third-order valence-electron chi connectivity index (χ3n) is 7.92. The summed E-state index contributed by atoms with van der Waals surface area (Å²) < 4.78 is 19.4. The van der Waals surface area contributed by atoms with E-state index in [0.717, 1.165) is 27.1 Å². The van der Waals surface area contributed by atoms with Gasteiger partial charge < -0.3 is 14.2 Å².